The lowest BCUT2D eigenvalue weighted by Crippen LogP contribution is -2.35. The molecule has 0 bridgehead atoms. The minimum absolute atomic E-state index is 0. The number of nitrogens with zero attached hydrogens (tertiary/aromatic N) is 1. The maximum Gasteiger partial charge on any atom is 0.335 e. The van der Waals surface area contributed by atoms with Crippen molar-refractivity contribution in [2.75, 3.05) is 27.7 Å². The molecular formula is C25H49F6NO4S2. The molecule has 0 aliphatic carbocycles. The van der Waals surface area contributed by atoms with E-state index in [0.29, 0.717) is 0 Å². The normalized spacial score (nSPS) is 11.4. The first kappa shape index (κ1) is 44.2. The van der Waals surface area contributed by atoms with Gasteiger partial charge in [0.15, 0.2) is 0 Å². The van der Waals surface area contributed by atoms with Gasteiger partial charge in [0.25, 0.3) is 12.4 Å². The first-order chi connectivity index (χ1) is 17.5. The number of rotatable bonds is 17. The van der Waals surface area contributed by atoms with Crippen molar-refractivity contribution in [2.24, 2.45) is 0 Å². The van der Waals surface area contributed by atoms with Gasteiger partial charge in [-0.15, -0.1) is 5.92 Å². The molecule has 0 saturated heterocycles. The van der Waals surface area contributed by atoms with Gasteiger partial charge in [0.2, 0.25) is 0 Å². The smallest absolute Gasteiger partial charge is 0.331 e. The first-order valence-electron chi connectivity index (χ1n) is 13.2. The monoisotopic (exact) mass is 605 g/mol. The van der Waals surface area contributed by atoms with Crippen LogP contribution in [0.15, 0.2) is 0 Å². The maximum absolute atomic E-state index is 11.2. The van der Waals surface area contributed by atoms with Gasteiger partial charge >= 0.3 is 23.1 Å². The van der Waals surface area contributed by atoms with Crippen LogP contribution in [0.2, 0.25) is 0 Å². The second kappa shape index (κ2) is 29.2. The van der Waals surface area contributed by atoms with Crippen LogP contribution in [-0.4, -0.2) is 61.4 Å². The molecule has 0 unspecified atom stereocenters. The quantitative estimate of drug-likeness (QED) is 0.0724. The summed E-state index contributed by atoms with van der Waals surface area (Å²) >= 11 is -1.50. The number of unbranched alkanes of at least 4 members (excludes halogenated alkanes) is 15. The standard InChI is InChI=1S/C21H46N.C4H3F6.2O2S/c1-5-6-7-8-9-10-11-12-13-14-15-16-17-18-19-20-21-22(2,3)4;1-2(3(5,6)7)4(8,9)10;2*1-3-2/h5-21H2,1-4H3;1H3;;/q+1;-1;;. The summed E-state index contributed by atoms with van der Waals surface area (Å²) in [6.07, 6.45) is 12.8. The highest BCUT2D eigenvalue weighted by Gasteiger charge is 2.39. The Hall–Kier alpha value is -0.820. The maximum atomic E-state index is 11.2. The molecule has 0 aromatic heterocycles. The predicted molar refractivity (Wildman–Crippen MR) is 141 cm³/mol. The summed E-state index contributed by atoms with van der Waals surface area (Å²) in [6, 6.07) is 0. The van der Waals surface area contributed by atoms with Crippen LogP contribution in [0.1, 0.15) is 117 Å². The minimum Gasteiger partial charge on any atom is -0.331 e. The Morgan fingerprint density at radius 3 is 0.895 bits per heavy atom. The van der Waals surface area contributed by atoms with Gasteiger partial charge in [0.1, 0.15) is 0 Å². The van der Waals surface area contributed by atoms with E-state index in [0.717, 1.165) is 4.48 Å². The van der Waals surface area contributed by atoms with Crippen molar-refractivity contribution in [1.29, 1.82) is 0 Å². The second-order valence-electron chi connectivity index (χ2n) is 10.1. The largest absolute Gasteiger partial charge is 0.335 e. The number of alkyl halides is 6. The van der Waals surface area contributed by atoms with E-state index in [-0.39, 0.29) is 6.92 Å². The van der Waals surface area contributed by atoms with Crippen LogP contribution in [0.3, 0.4) is 0 Å². The lowest BCUT2D eigenvalue weighted by molar-refractivity contribution is -0.870. The van der Waals surface area contributed by atoms with Gasteiger partial charge in [0.05, 0.1) is 27.7 Å². The summed E-state index contributed by atoms with van der Waals surface area (Å²) in [5.41, 5.74) is 0. The highest BCUT2D eigenvalue weighted by molar-refractivity contribution is 7.51. The van der Waals surface area contributed by atoms with E-state index in [1.165, 1.54) is 109 Å². The Morgan fingerprint density at radius 1 is 0.526 bits per heavy atom. The molecule has 0 aliphatic heterocycles. The van der Waals surface area contributed by atoms with E-state index >= 15 is 0 Å². The molecule has 0 heterocycles. The molecule has 13 heteroatoms. The van der Waals surface area contributed by atoms with Crippen molar-refractivity contribution < 1.29 is 47.7 Å². The van der Waals surface area contributed by atoms with Crippen molar-refractivity contribution in [3.63, 3.8) is 0 Å². The molecular weight excluding hydrogens is 556 g/mol. The van der Waals surface area contributed by atoms with Crippen LogP contribution in [0.5, 0.6) is 0 Å². The lowest BCUT2D eigenvalue weighted by atomic mass is 10.0. The third-order valence-electron chi connectivity index (χ3n) is 5.53. The molecule has 0 aliphatic rings. The summed E-state index contributed by atoms with van der Waals surface area (Å²) < 4.78 is 101. The highest BCUT2D eigenvalue weighted by atomic mass is 32.1. The zero-order chi connectivity index (χ0) is 30.5. The Morgan fingerprint density at radius 2 is 0.737 bits per heavy atom. The fraction of sp³-hybridized carbons (Fsp3) is 0.960. The highest BCUT2D eigenvalue weighted by Crippen LogP contribution is 2.40. The summed E-state index contributed by atoms with van der Waals surface area (Å²) in [5.74, 6) is -2.43. The average molecular weight is 606 g/mol. The number of hydrogen-bond donors (Lipinski definition) is 0. The Kier molecular flexibility index (Phi) is 33.9. The van der Waals surface area contributed by atoms with Gasteiger partial charge in [-0.1, -0.05) is 96.8 Å². The van der Waals surface area contributed by atoms with E-state index < -0.39 is 41.4 Å². The molecule has 38 heavy (non-hydrogen) atoms. The van der Waals surface area contributed by atoms with E-state index in [2.05, 4.69) is 28.1 Å². The van der Waals surface area contributed by atoms with Crippen LogP contribution in [0.4, 0.5) is 26.3 Å². The van der Waals surface area contributed by atoms with Crippen molar-refractivity contribution in [1.82, 2.24) is 0 Å². The van der Waals surface area contributed by atoms with Crippen LogP contribution in [0, 0.1) is 5.92 Å². The second-order valence-corrected chi connectivity index (χ2v) is 10.3. The Bertz CT molecular complexity index is 548. The molecule has 0 radical (unpaired) electrons. The summed E-state index contributed by atoms with van der Waals surface area (Å²) in [6.45, 7) is 3.63. The third-order valence-corrected chi connectivity index (χ3v) is 5.53. The molecule has 0 amide bonds. The van der Waals surface area contributed by atoms with Crippen LogP contribution < -0.4 is 0 Å². The van der Waals surface area contributed by atoms with Gasteiger partial charge in [-0.05, 0) is 12.8 Å². The van der Waals surface area contributed by atoms with Crippen LogP contribution in [0.25, 0.3) is 0 Å². The SMILES string of the molecule is CCCCCCCCCCCCCCCCCC[N+](C)(C)C.C[C-](C(F)(F)F)C(F)(F)F.O=S=O.O=S=O. The van der Waals surface area contributed by atoms with Crippen LogP contribution in [-0.2, 0) is 23.1 Å². The van der Waals surface area contributed by atoms with Crippen molar-refractivity contribution in [3.05, 3.63) is 5.92 Å². The number of quaternary nitrogens is 1. The summed E-state index contributed by atoms with van der Waals surface area (Å²) in [5, 5.41) is 0. The predicted octanol–water partition coefficient (Wildman–Crippen LogP) is 8.32. The fourth-order valence-electron chi connectivity index (χ4n) is 3.29. The molecule has 0 N–H and O–H groups in total. The topological polar surface area (TPSA) is 68.3 Å². The molecule has 0 aromatic rings. The lowest BCUT2D eigenvalue weighted by Gasteiger charge is -2.31. The van der Waals surface area contributed by atoms with Gasteiger partial charge in [-0.2, -0.15) is 23.8 Å². The van der Waals surface area contributed by atoms with E-state index in [1.54, 1.807) is 0 Å². The van der Waals surface area contributed by atoms with E-state index in [4.69, 9.17) is 16.8 Å². The van der Waals surface area contributed by atoms with Gasteiger partial charge < -0.3 is 4.48 Å². The van der Waals surface area contributed by atoms with Crippen molar-refractivity contribution in [3.8, 4) is 0 Å². The van der Waals surface area contributed by atoms with Gasteiger partial charge in [0, 0.05) is 0 Å². The minimum atomic E-state index is -5.27. The van der Waals surface area contributed by atoms with Gasteiger partial charge in [-0.3, -0.25) is 0 Å². The molecule has 232 valence electrons. The molecule has 0 spiro atoms. The zero-order valence-corrected chi connectivity index (χ0v) is 25.3. The van der Waals surface area contributed by atoms with E-state index in [1.807, 2.05) is 0 Å². The summed E-state index contributed by atoms with van der Waals surface area (Å²) in [4.78, 5) is 0. The van der Waals surface area contributed by atoms with E-state index in [9.17, 15) is 26.3 Å². The zero-order valence-electron chi connectivity index (χ0n) is 23.7. The number of halogens is 6. The molecule has 0 atom stereocenters. The van der Waals surface area contributed by atoms with Gasteiger partial charge in [-0.25, -0.2) is 26.3 Å². The van der Waals surface area contributed by atoms with Crippen molar-refractivity contribution in [2.45, 2.75) is 129 Å². The average Bonchev–Trinajstić information content (AvgIpc) is 2.78. The first-order valence-corrected chi connectivity index (χ1v) is 14.5. The third kappa shape index (κ3) is 45.1. The molecule has 0 fully saturated rings. The Balaban J connectivity index is -0.000000297. The summed E-state index contributed by atoms with van der Waals surface area (Å²) in [7, 11) is 6.89. The van der Waals surface area contributed by atoms with Crippen molar-refractivity contribution >= 4 is 23.1 Å². The molecule has 0 aromatic carbocycles. The molecule has 0 saturated carbocycles. The fourth-order valence-corrected chi connectivity index (χ4v) is 3.29. The Labute approximate surface area is 233 Å². The molecule has 5 nitrogen and oxygen atoms in total. The van der Waals surface area contributed by atoms with Crippen LogP contribution >= 0.6 is 0 Å². The number of hydrogen-bond acceptors (Lipinski definition) is 4. The molecule has 0 rings (SSSR count).